The molecule has 0 amide bonds. The number of nitrogens with zero attached hydrogens (tertiary/aromatic N) is 5. The van der Waals surface area contributed by atoms with Crippen molar-refractivity contribution in [3.8, 4) is 0 Å². The van der Waals surface area contributed by atoms with E-state index in [1.807, 2.05) is 14.1 Å². The van der Waals surface area contributed by atoms with E-state index in [4.69, 9.17) is 5.11 Å². The van der Waals surface area contributed by atoms with Crippen LogP contribution in [0.5, 0.6) is 0 Å². The molecule has 0 saturated carbocycles. The minimum Gasteiger partial charge on any atom is -0.476 e. The first kappa shape index (κ1) is 12.0. The summed E-state index contributed by atoms with van der Waals surface area (Å²) < 4.78 is 1.65. The summed E-state index contributed by atoms with van der Waals surface area (Å²) in [6, 6.07) is 0.262. The van der Waals surface area contributed by atoms with Crippen molar-refractivity contribution in [3.05, 3.63) is 11.9 Å². The number of likely N-dealkylation sites (tertiary alicyclic amines) is 1. The van der Waals surface area contributed by atoms with Gasteiger partial charge in [0.05, 0.1) is 12.2 Å². The van der Waals surface area contributed by atoms with Crippen LogP contribution in [0.1, 0.15) is 16.5 Å². The Morgan fingerprint density at radius 1 is 1.59 bits per heavy atom. The van der Waals surface area contributed by atoms with Crippen LogP contribution in [0, 0.1) is 0 Å². The summed E-state index contributed by atoms with van der Waals surface area (Å²) >= 11 is 0. The highest BCUT2D eigenvalue weighted by atomic mass is 16.4. The van der Waals surface area contributed by atoms with Gasteiger partial charge in [-0.05, 0) is 14.1 Å². The lowest BCUT2D eigenvalue weighted by atomic mass is 10.1. The normalized spacial score (nSPS) is 17.4. The van der Waals surface area contributed by atoms with Crippen LogP contribution in [-0.4, -0.2) is 76.1 Å². The molecule has 0 atom stereocenters. The number of hydrogen-bond acceptors (Lipinski definition) is 5. The summed E-state index contributed by atoms with van der Waals surface area (Å²) in [6.07, 6.45) is 1.50. The SMILES string of the molecule is CN(C)CCN1CC(n2cc(C(=O)O)nn2)C1. The molecular weight excluding hydrogens is 222 g/mol. The van der Waals surface area contributed by atoms with Gasteiger partial charge in [0.15, 0.2) is 5.69 Å². The molecule has 0 aliphatic carbocycles. The molecule has 1 saturated heterocycles. The zero-order valence-electron chi connectivity index (χ0n) is 10.1. The Bertz CT molecular complexity index is 397. The van der Waals surface area contributed by atoms with E-state index in [1.165, 1.54) is 6.20 Å². The third-order valence-electron chi connectivity index (χ3n) is 2.90. The van der Waals surface area contributed by atoms with Crippen molar-refractivity contribution in [3.63, 3.8) is 0 Å². The van der Waals surface area contributed by atoms with Crippen LogP contribution in [0.25, 0.3) is 0 Å². The first-order chi connectivity index (χ1) is 8.06. The highest BCUT2D eigenvalue weighted by Crippen LogP contribution is 2.19. The zero-order chi connectivity index (χ0) is 12.4. The topological polar surface area (TPSA) is 74.5 Å². The summed E-state index contributed by atoms with van der Waals surface area (Å²) in [4.78, 5) is 15.1. The second kappa shape index (κ2) is 4.80. The summed E-state index contributed by atoms with van der Waals surface area (Å²) in [5.41, 5.74) is 0.0109. The molecule has 1 N–H and O–H groups in total. The van der Waals surface area contributed by atoms with Crippen LogP contribution in [0.4, 0.5) is 0 Å². The third kappa shape index (κ3) is 2.80. The molecule has 2 heterocycles. The highest BCUT2D eigenvalue weighted by molar-refractivity contribution is 5.84. The zero-order valence-corrected chi connectivity index (χ0v) is 10.1. The van der Waals surface area contributed by atoms with E-state index in [-0.39, 0.29) is 11.7 Å². The van der Waals surface area contributed by atoms with Crippen molar-refractivity contribution in [1.29, 1.82) is 0 Å². The fourth-order valence-electron chi connectivity index (χ4n) is 1.79. The number of likely N-dealkylation sites (N-methyl/N-ethyl adjacent to an activating group) is 1. The molecule has 0 bridgehead atoms. The lowest BCUT2D eigenvalue weighted by Gasteiger charge is -2.39. The molecular formula is C10H17N5O2. The number of aromatic nitrogens is 3. The first-order valence-electron chi connectivity index (χ1n) is 5.58. The van der Waals surface area contributed by atoms with Crippen molar-refractivity contribution in [1.82, 2.24) is 24.8 Å². The molecule has 7 heteroatoms. The van der Waals surface area contributed by atoms with Gasteiger partial charge >= 0.3 is 5.97 Å². The molecule has 17 heavy (non-hydrogen) atoms. The Morgan fingerprint density at radius 3 is 2.82 bits per heavy atom. The summed E-state index contributed by atoms with van der Waals surface area (Å²) in [5, 5.41) is 16.2. The van der Waals surface area contributed by atoms with E-state index in [1.54, 1.807) is 4.68 Å². The Morgan fingerprint density at radius 2 is 2.29 bits per heavy atom. The van der Waals surface area contributed by atoms with Gasteiger partial charge in [0.25, 0.3) is 0 Å². The van der Waals surface area contributed by atoms with E-state index in [0.29, 0.717) is 0 Å². The molecule has 1 aromatic rings. The molecule has 0 spiro atoms. The number of aromatic carboxylic acids is 1. The fourth-order valence-corrected chi connectivity index (χ4v) is 1.79. The van der Waals surface area contributed by atoms with Crippen molar-refractivity contribution in [2.75, 3.05) is 40.3 Å². The molecule has 1 aromatic heterocycles. The largest absolute Gasteiger partial charge is 0.476 e. The summed E-state index contributed by atoms with van der Waals surface area (Å²) in [5.74, 6) is -1.03. The van der Waals surface area contributed by atoms with Gasteiger partial charge in [-0.25, -0.2) is 9.48 Å². The van der Waals surface area contributed by atoms with Crippen LogP contribution in [-0.2, 0) is 0 Å². The second-order valence-electron chi connectivity index (χ2n) is 4.61. The second-order valence-corrected chi connectivity index (χ2v) is 4.61. The summed E-state index contributed by atoms with van der Waals surface area (Å²) in [7, 11) is 4.10. The van der Waals surface area contributed by atoms with Gasteiger partial charge in [-0.2, -0.15) is 0 Å². The van der Waals surface area contributed by atoms with E-state index in [0.717, 1.165) is 26.2 Å². The van der Waals surface area contributed by atoms with E-state index in [2.05, 4.69) is 20.1 Å². The Hall–Kier alpha value is -1.47. The predicted octanol–water partition coefficient (Wildman–Crippen LogP) is -0.605. The molecule has 2 rings (SSSR count). The minimum absolute atomic E-state index is 0.0109. The lowest BCUT2D eigenvalue weighted by Crippen LogP contribution is -2.49. The van der Waals surface area contributed by atoms with Gasteiger partial charge in [0, 0.05) is 26.2 Å². The smallest absolute Gasteiger partial charge is 0.358 e. The van der Waals surface area contributed by atoms with Crippen molar-refractivity contribution >= 4 is 5.97 Å². The Balaban J connectivity index is 1.80. The minimum atomic E-state index is -1.03. The number of hydrogen-bond donors (Lipinski definition) is 1. The quantitative estimate of drug-likeness (QED) is 0.739. The van der Waals surface area contributed by atoms with E-state index >= 15 is 0 Å². The van der Waals surface area contributed by atoms with Gasteiger partial charge in [-0.3, -0.25) is 4.90 Å². The molecule has 1 fully saturated rings. The molecule has 1 aliphatic heterocycles. The van der Waals surface area contributed by atoms with Crippen LogP contribution in [0.15, 0.2) is 6.20 Å². The maximum absolute atomic E-state index is 10.7. The van der Waals surface area contributed by atoms with E-state index < -0.39 is 5.97 Å². The number of carboxylic acids is 1. The molecule has 0 unspecified atom stereocenters. The Labute approximate surface area is 99.6 Å². The van der Waals surface area contributed by atoms with Gasteiger partial charge in [-0.1, -0.05) is 5.21 Å². The maximum Gasteiger partial charge on any atom is 0.358 e. The van der Waals surface area contributed by atoms with Crippen LogP contribution >= 0.6 is 0 Å². The molecule has 94 valence electrons. The first-order valence-corrected chi connectivity index (χ1v) is 5.58. The summed E-state index contributed by atoms with van der Waals surface area (Å²) in [6.45, 7) is 3.89. The van der Waals surface area contributed by atoms with Crippen LogP contribution in [0.2, 0.25) is 0 Å². The van der Waals surface area contributed by atoms with Crippen LogP contribution < -0.4 is 0 Å². The van der Waals surface area contributed by atoms with Crippen molar-refractivity contribution < 1.29 is 9.90 Å². The average Bonchev–Trinajstić information content (AvgIpc) is 2.63. The standard InChI is InChI=1S/C10H17N5O2/c1-13(2)3-4-14-5-8(6-14)15-7-9(10(16)17)11-12-15/h7-8H,3-6H2,1-2H3,(H,16,17). The lowest BCUT2D eigenvalue weighted by molar-refractivity contribution is 0.0690. The fraction of sp³-hybridized carbons (Fsp3) is 0.700. The van der Waals surface area contributed by atoms with Crippen molar-refractivity contribution in [2.45, 2.75) is 6.04 Å². The van der Waals surface area contributed by atoms with Crippen molar-refractivity contribution in [2.24, 2.45) is 0 Å². The number of carboxylic acid groups (broad SMARTS) is 1. The predicted molar refractivity (Wildman–Crippen MR) is 61.0 cm³/mol. The van der Waals surface area contributed by atoms with E-state index in [9.17, 15) is 4.79 Å². The van der Waals surface area contributed by atoms with Gasteiger partial charge in [0.2, 0.25) is 0 Å². The number of carbonyl (C=O) groups is 1. The Kier molecular flexibility index (Phi) is 3.39. The van der Waals surface area contributed by atoms with Crippen LogP contribution in [0.3, 0.4) is 0 Å². The van der Waals surface area contributed by atoms with Gasteiger partial charge in [0.1, 0.15) is 0 Å². The molecule has 0 radical (unpaired) electrons. The maximum atomic E-state index is 10.7. The van der Waals surface area contributed by atoms with Gasteiger partial charge < -0.3 is 10.0 Å². The number of rotatable bonds is 5. The monoisotopic (exact) mass is 239 g/mol. The molecule has 1 aliphatic rings. The highest BCUT2D eigenvalue weighted by Gasteiger charge is 2.29. The third-order valence-corrected chi connectivity index (χ3v) is 2.90. The molecule has 7 nitrogen and oxygen atoms in total. The average molecular weight is 239 g/mol. The molecule has 0 aromatic carbocycles. The van der Waals surface area contributed by atoms with Gasteiger partial charge in [-0.15, -0.1) is 5.10 Å².